The molecule has 1 aliphatic carbocycles. The van der Waals surface area contributed by atoms with Crippen LogP contribution in [-0.2, 0) is 6.42 Å². The van der Waals surface area contributed by atoms with Crippen molar-refractivity contribution in [2.24, 2.45) is 5.92 Å². The van der Waals surface area contributed by atoms with E-state index in [1.165, 1.54) is 31.2 Å². The lowest BCUT2D eigenvalue weighted by molar-refractivity contribution is 0.0399. The van der Waals surface area contributed by atoms with Gasteiger partial charge in [0.15, 0.2) is 0 Å². The first kappa shape index (κ1) is 16.8. The molecule has 1 aromatic carbocycles. The van der Waals surface area contributed by atoms with Gasteiger partial charge in [-0.1, -0.05) is 43.5 Å². The molecular weight excluding hydrogens is 280 g/mol. The fourth-order valence-corrected chi connectivity index (χ4v) is 4.14. The third-order valence-corrected chi connectivity index (χ3v) is 5.50. The third-order valence-electron chi connectivity index (χ3n) is 5.25. The number of likely N-dealkylation sites (N-methyl/N-ethyl adjacent to an activating group) is 2. The summed E-state index contributed by atoms with van der Waals surface area (Å²) in [5.74, 6) is 0.808. The van der Waals surface area contributed by atoms with Gasteiger partial charge in [-0.3, -0.25) is 0 Å². The summed E-state index contributed by atoms with van der Waals surface area (Å²) in [5.41, 5.74) is 1.62. The Balaban J connectivity index is 2.21. The van der Waals surface area contributed by atoms with E-state index in [-0.39, 0.29) is 5.54 Å². The van der Waals surface area contributed by atoms with Gasteiger partial charge in [0.05, 0.1) is 0 Å². The van der Waals surface area contributed by atoms with Crippen molar-refractivity contribution in [3.63, 3.8) is 0 Å². The van der Waals surface area contributed by atoms with Crippen molar-refractivity contribution in [3.05, 3.63) is 34.9 Å². The quantitative estimate of drug-likeness (QED) is 0.885. The van der Waals surface area contributed by atoms with Gasteiger partial charge in [0.25, 0.3) is 0 Å². The first-order valence-corrected chi connectivity index (χ1v) is 8.45. The van der Waals surface area contributed by atoms with Crippen LogP contribution in [0.15, 0.2) is 24.3 Å². The molecule has 3 atom stereocenters. The van der Waals surface area contributed by atoms with Gasteiger partial charge in [-0.15, -0.1) is 0 Å². The summed E-state index contributed by atoms with van der Waals surface area (Å²) in [6.07, 6.45) is 6.31. The minimum atomic E-state index is 0.256. The first-order chi connectivity index (χ1) is 9.98. The zero-order valence-corrected chi connectivity index (χ0v) is 14.6. The summed E-state index contributed by atoms with van der Waals surface area (Å²) in [7, 11) is 6.58. The molecule has 1 fully saturated rings. The highest BCUT2D eigenvalue weighted by molar-refractivity contribution is 6.30. The van der Waals surface area contributed by atoms with E-state index in [2.05, 4.69) is 50.4 Å². The van der Waals surface area contributed by atoms with Gasteiger partial charge in [0.1, 0.15) is 0 Å². The standard InChI is InChI=1S/C18H29ClN2/c1-14-6-5-11-18(13-14,21(3)4)17(20-2)12-15-7-9-16(19)10-8-15/h7-10,14,17,20H,5-6,11-13H2,1-4H3. The summed E-state index contributed by atoms with van der Waals surface area (Å²) in [5, 5.41) is 4.42. The lowest BCUT2D eigenvalue weighted by Gasteiger charge is -2.50. The molecule has 0 heterocycles. The highest BCUT2D eigenvalue weighted by Crippen LogP contribution is 2.39. The molecule has 1 aromatic rings. The second-order valence-electron chi connectivity index (χ2n) is 6.87. The molecule has 3 heteroatoms. The summed E-state index contributed by atoms with van der Waals surface area (Å²) in [6, 6.07) is 8.77. The van der Waals surface area contributed by atoms with E-state index in [4.69, 9.17) is 11.6 Å². The minimum absolute atomic E-state index is 0.256. The van der Waals surface area contributed by atoms with Crippen LogP contribution in [0.3, 0.4) is 0 Å². The van der Waals surface area contributed by atoms with Crippen molar-refractivity contribution < 1.29 is 0 Å². The van der Waals surface area contributed by atoms with Crippen LogP contribution < -0.4 is 5.32 Å². The number of nitrogens with one attached hydrogen (secondary N) is 1. The first-order valence-electron chi connectivity index (χ1n) is 8.07. The molecule has 1 N–H and O–H groups in total. The van der Waals surface area contributed by atoms with Gasteiger partial charge in [-0.25, -0.2) is 0 Å². The maximum Gasteiger partial charge on any atom is 0.0406 e. The maximum atomic E-state index is 6.00. The number of hydrogen-bond acceptors (Lipinski definition) is 2. The van der Waals surface area contributed by atoms with Crippen LogP contribution in [0.2, 0.25) is 5.02 Å². The molecule has 2 rings (SSSR count). The van der Waals surface area contributed by atoms with Crippen LogP contribution in [-0.4, -0.2) is 37.6 Å². The average molecular weight is 309 g/mol. The normalized spacial score (nSPS) is 27.8. The Morgan fingerprint density at radius 1 is 1.33 bits per heavy atom. The van der Waals surface area contributed by atoms with Crippen molar-refractivity contribution in [2.45, 2.75) is 50.6 Å². The van der Waals surface area contributed by atoms with Crippen molar-refractivity contribution >= 4 is 11.6 Å². The summed E-state index contributed by atoms with van der Waals surface area (Å²) in [6.45, 7) is 2.40. The topological polar surface area (TPSA) is 15.3 Å². The van der Waals surface area contributed by atoms with Crippen molar-refractivity contribution in [3.8, 4) is 0 Å². The molecule has 1 saturated carbocycles. The van der Waals surface area contributed by atoms with Gasteiger partial charge in [-0.2, -0.15) is 0 Å². The van der Waals surface area contributed by atoms with Gasteiger partial charge in [0.2, 0.25) is 0 Å². The number of benzene rings is 1. The molecule has 0 aliphatic heterocycles. The van der Waals surface area contributed by atoms with E-state index in [1.54, 1.807) is 0 Å². The molecule has 0 amide bonds. The van der Waals surface area contributed by atoms with Gasteiger partial charge >= 0.3 is 0 Å². The van der Waals surface area contributed by atoms with Crippen molar-refractivity contribution in [1.29, 1.82) is 0 Å². The van der Waals surface area contributed by atoms with Gasteiger partial charge in [0, 0.05) is 16.6 Å². The Hall–Kier alpha value is -0.570. The third kappa shape index (κ3) is 3.80. The summed E-state index contributed by atoms with van der Waals surface area (Å²) >= 11 is 6.00. The Morgan fingerprint density at radius 2 is 2.00 bits per heavy atom. The van der Waals surface area contributed by atoms with Crippen molar-refractivity contribution in [2.75, 3.05) is 21.1 Å². The lowest BCUT2D eigenvalue weighted by atomic mass is 9.70. The SMILES string of the molecule is CNC(Cc1ccc(Cl)cc1)C1(N(C)C)CCCC(C)C1. The zero-order valence-electron chi connectivity index (χ0n) is 13.8. The number of rotatable bonds is 5. The monoisotopic (exact) mass is 308 g/mol. The zero-order chi connectivity index (χ0) is 15.5. The number of nitrogens with zero attached hydrogens (tertiary/aromatic N) is 1. The van der Waals surface area contributed by atoms with Gasteiger partial charge in [-0.05, 0) is 64.0 Å². The Kier molecular flexibility index (Phi) is 5.70. The fourth-order valence-electron chi connectivity index (χ4n) is 4.02. The van der Waals surface area contributed by atoms with E-state index in [0.29, 0.717) is 6.04 Å². The van der Waals surface area contributed by atoms with Crippen LogP contribution in [0.5, 0.6) is 0 Å². The lowest BCUT2D eigenvalue weighted by Crippen LogP contribution is -2.61. The second-order valence-corrected chi connectivity index (χ2v) is 7.31. The highest BCUT2D eigenvalue weighted by Gasteiger charge is 2.42. The van der Waals surface area contributed by atoms with Crippen LogP contribution in [0.25, 0.3) is 0 Å². The van der Waals surface area contributed by atoms with Gasteiger partial charge < -0.3 is 10.2 Å². The van der Waals surface area contributed by atoms with Crippen LogP contribution in [0.1, 0.15) is 38.2 Å². The Labute approximate surface area is 134 Å². The highest BCUT2D eigenvalue weighted by atomic mass is 35.5. The molecule has 2 nitrogen and oxygen atoms in total. The van der Waals surface area contributed by atoms with E-state index in [9.17, 15) is 0 Å². The fraction of sp³-hybridized carbons (Fsp3) is 0.667. The predicted molar refractivity (Wildman–Crippen MR) is 92.1 cm³/mol. The molecule has 0 saturated heterocycles. The summed E-state index contributed by atoms with van der Waals surface area (Å²) in [4.78, 5) is 2.46. The molecular formula is C18H29ClN2. The molecule has 0 spiro atoms. The molecule has 0 bridgehead atoms. The Bertz CT molecular complexity index is 443. The van der Waals surface area contributed by atoms with Crippen LogP contribution in [0, 0.1) is 5.92 Å². The molecule has 21 heavy (non-hydrogen) atoms. The predicted octanol–water partition coefficient (Wildman–Crippen LogP) is 3.98. The molecule has 0 radical (unpaired) electrons. The summed E-state index contributed by atoms with van der Waals surface area (Å²) < 4.78 is 0. The number of halogens is 1. The number of hydrogen-bond donors (Lipinski definition) is 1. The van der Waals surface area contributed by atoms with Crippen molar-refractivity contribution in [1.82, 2.24) is 10.2 Å². The van der Waals surface area contributed by atoms with E-state index < -0.39 is 0 Å². The smallest absolute Gasteiger partial charge is 0.0406 e. The average Bonchev–Trinajstić information content (AvgIpc) is 2.46. The molecule has 0 aromatic heterocycles. The maximum absolute atomic E-state index is 6.00. The second kappa shape index (κ2) is 7.13. The Morgan fingerprint density at radius 3 is 2.52 bits per heavy atom. The van der Waals surface area contributed by atoms with Crippen LogP contribution in [0.4, 0.5) is 0 Å². The molecule has 3 unspecified atom stereocenters. The largest absolute Gasteiger partial charge is 0.315 e. The van der Waals surface area contributed by atoms with E-state index >= 15 is 0 Å². The van der Waals surface area contributed by atoms with E-state index in [0.717, 1.165) is 17.4 Å². The molecule has 1 aliphatic rings. The van der Waals surface area contributed by atoms with E-state index in [1.807, 2.05) is 12.1 Å². The minimum Gasteiger partial charge on any atom is -0.315 e. The molecule has 118 valence electrons. The van der Waals surface area contributed by atoms with Crippen LogP contribution >= 0.6 is 11.6 Å².